The van der Waals surface area contributed by atoms with Crippen molar-refractivity contribution < 1.29 is 4.84 Å². The fourth-order valence-corrected chi connectivity index (χ4v) is 2.03. The van der Waals surface area contributed by atoms with Gasteiger partial charge in [0.2, 0.25) is 0 Å². The number of hydrogen-bond donors (Lipinski definition) is 0. The highest BCUT2D eigenvalue weighted by molar-refractivity contribution is 7.80. The van der Waals surface area contributed by atoms with E-state index in [1.54, 1.807) is 19.0 Å². The molecule has 0 radical (unpaired) electrons. The van der Waals surface area contributed by atoms with Crippen LogP contribution in [-0.2, 0) is 0 Å². The van der Waals surface area contributed by atoms with Crippen LogP contribution in [0.4, 0.5) is 0 Å². The second-order valence-corrected chi connectivity index (χ2v) is 5.31. The molecule has 94 valence electrons. The summed E-state index contributed by atoms with van der Waals surface area (Å²) in [5.41, 5.74) is 0. The summed E-state index contributed by atoms with van der Waals surface area (Å²) in [7, 11) is 3.41. The van der Waals surface area contributed by atoms with Gasteiger partial charge in [-0.1, -0.05) is 58.6 Å². The summed E-state index contributed by atoms with van der Waals surface area (Å²) in [5, 5.41) is 0.373. The van der Waals surface area contributed by atoms with Gasteiger partial charge in [-0.05, 0) is 12.2 Å². The maximum atomic E-state index is 5.94. The molecular weight excluding hydrogens is 346 g/mol. The molecule has 0 aliphatic heterocycles. The molecule has 0 atom stereocenters. The van der Waals surface area contributed by atoms with Crippen molar-refractivity contribution in [2.24, 2.45) is 0 Å². The smallest absolute Gasteiger partial charge is 0.289 e. The summed E-state index contributed by atoms with van der Waals surface area (Å²) < 4.78 is 1.14. The van der Waals surface area contributed by atoms with Crippen molar-refractivity contribution in [3.8, 4) is 0 Å². The van der Waals surface area contributed by atoms with E-state index in [2.05, 4.69) is 0 Å². The molecule has 9 heteroatoms. The summed E-state index contributed by atoms with van der Waals surface area (Å²) in [5.74, 6) is 0. The Morgan fingerprint density at radius 1 is 1.12 bits per heavy atom. The minimum absolute atomic E-state index is 0.00951. The Labute approximate surface area is 129 Å². The molecule has 1 rings (SSSR count). The van der Waals surface area contributed by atoms with Crippen LogP contribution in [0.15, 0.2) is 0 Å². The van der Waals surface area contributed by atoms with Gasteiger partial charge in [0.1, 0.15) is 0 Å². The van der Waals surface area contributed by atoms with Crippen LogP contribution in [0.2, 0.25) is 20.2 Å². The van der Waals surface area contributed by atoms with E-state index in [1.807, 2.05) is 0 Å². The molecule has 0 saturated heterocycles. The fraction of sp³-hybridized carbons (Fsp3) is 0.250. The number of hydrogen-bond acceptors (Lipinski definition) is 3. The number of nitrogens with zero attached hydrogens (tertiary/aromatic N) is 2. The topological polar surface area (TPSA) is 17.4 Å². The lowest BCUT2D eigenvalue weighted by molar-refractivity contribution is 0.229. The van der Waals surface area contributed by atoms with Gasteiger partial charge in [-0.3, -0.25) is 0 Å². The van der Waals surface area contributed by atoms with E-state index in [0.29, 0.717) is 0 Å². The zero-order valence-electron chi connectivity index (χ0n) is 8.63. The Balaban J connectivity index is 3.35. The zero-order chi connectivity index (χ0) is 13.3. The molecule has 0 amide bonds. The van der Waals surface area contributed by atoms with Gasteiger partial charge in [-0.15, -0.1) is 4.73 Å². The van der Waals surface area contributed by atoms with E-state index in [0.717, 1.165) is 4.73 Å². The average Bonchev–Trinajstić information content (AvgIpc) is 2.29. The molecule has 0 aliphatic carbocycles. The van der Waals surface area contributed by atoms with Gasteiger partial charge in [0.25, 0.3) is 5.17 Å². The Kier molecular flexibility index (Phi) is 5.31. The minimum Gasteiger partial charge on any atom is -0.342 e. The highest BCUT2D eigenvalue weighted by Gasteiger charge is 2.17. The van der Waals surface area contributed by atoms with Crippen molar-refractivity contribution in [3.05, 3.63) is 24.9 Å². The van der Waals surface area contributed by atoms with Crippen molar-refractivity contribution in [1.82, 2.24) is 9.63 Å². The highest BCUT2D eigenvalue weighted by atomic mass is 35.5. The summed E-state index contributed by atoms with van der Waals surface area (Å²) in [6, 6.07) is 0. The molecule has 0 fully saturated rings. The first-order valence-corrected chi connectivity index (χ1v) is 6.44. The summed E-state index contributed by atoms with van der Waals surface area (Å²) in [4.78, 5) is 6.82. The molecule has 17 heavy (non-hydrogen) atoms. The second-order valence-electron chi connectivity index (χ2n) is 3.08. The highest BCUT2D eigenvalue weighted by Crippen LogP contribution is 2.36. The largest absolute Gasteiger partial charge is 0.342 e. The first kappa shape index (κ1) is 15.3. The van der Waals surface area contributed by atoms with Gasteiger partial charge in [0.15, 0.2) is 9.79 Å². The number of halogens is 4. The summed E-state index contributed by atoms with van der Waals surface area (Å²) in [6.45, 7) is 0. The fourth-order valence-electron chi connectivity index (χ4n) is 0.790. The monoisotopic (exact) mass is 350 g/mol. The van der Waals surface area contributed by atoms with E-state index in [9.17, 15) is 0 Å². The Hall–Kier alpha value is 0.220. The van der Waals surface area contributed by atoms with E-state index in [1.165, 1.54) is 0 Å². The predicted molar refractivity (Wildman–Crippen MR) is 78.2 cm³/mol. The van der Waals surface area contributed by atoms with Crippen molar-refractivity contribution >= 4 is 76.0 Å². The SMILES string of the molecule is CN(C)C(=S)On1c(Cl)c(Cl)c(Cl)c(Cl)c1=S. The quantitative estimate of drug-likeness (QED) is 0.559. The zero-order valence-corrected chi connectivity index (χ0v) is 13.3. The van der Waals surface area contributed by atoms with E-state index >= 15 is 0 Å². The predicted octanol–water partition coefficient (Wildman–Crippen LogP) is 4.11. The van der Waals surface area contributed by atoms with Crippen molar-refractivity contribution in [2.75, 3.05) is 14.1 Å². The molecule has 0 N–H and O–H groups in total. The van der Waals surface area contributed by atoms with Gasteiger partial charge in [-0.2, -0.15) is 0 Å². The first-order chi connectivity index (χ1) is 7.77. The molecule has 0 spiro atoms. The lowest BCUT2D eigenvalue weighted by atomic mass is 10.5. The maximum absolute atomic E-state index is 5.94. The third-order valence-corrected chi connectivity index (χ3v) is 4.32. The lowest BCUT2D eigenvalue weighted by Crippen LogP contribution is -2.31. The van der Waals surface area contributed by atoms with E-state index < -0.39 is 0 Å². The van der Waals surface area contributed by atoms with E-state index in [-0.39, 0.29) is 30.0 Å². The molecule has 0 unspecified atom stereocenters. The summed E-state index contributed by atoms with van der Waals surface area (Å²) >= 11 is 33.5. The van der Waals surface area contributed by atoms with Crippen LogP contribution in [0.25, 0.3) is 0 Å². The van der Waals surface area contributed by atoms with Gasteiger partial charge >= 0.3 is 0 Å². The first-order valence-electron chi connectivity index (χ1n) is 4.12. The van der Waals surface area contributed by atoms with Crippen LogP contribution in [0.1, 0.15) is 0 Å². The van der Waals surface area contributed by atoms with E-state index in [4.69, 9.17) is 75.7 Å². The van der Waals surface area contributed by atoms with Gasteiger partial charge in [0.05, 0.1) is 15.1 Å². The number of thiocarbonyl (C=S) groups is 1. The molecule has 1 aromatic rings. The number of pyridine rings is 1. The minimum atomic E-state index is 0.00951. The van der Waals surface area contributed by atoms with Crippen LogP contribution < -0.4 is 4.84 Å². The molecule has 0 aromatic carbocycles. The molecule has 0 bridgehead atoms. The normalized spacial score (nSPS) is 10.2. The third-order valence-electron chi connectivity index (χ3n) is 1.65. The van der Waals surface area contributed by atoms with Gasteiger partial charge in [0, 0.05) is 14.1 Å². The maximum Gasteiger partial charge on any atom is 0.289 e. The van der Waals surface area contributed by atoms with Crippen molar-refractivity contribution in [2.45, 2.75) is 0 Å². The van der Waals surface area contributed by atoms with Crippen LogP contribution in [0.5, 0.6) is 0 Å². The summed E-state index contributed by atoms with van der Waals surface area (Å²) in [6.07, 6.45) is 0. The third kappa shape index (κ3) is 3.16. The number of aromatic nitrogens is 1. The molecule has 1 heterocycles. The Morgan fingerprint density at radius 2 is 1.65 bits per heavy atom. The molecule has 3 nitrogen and oxygen atoms in total. The van der Waals surface area contributed by atoms with Gasteiger partial charge in [-0.25, -0.2) is 0 Å². The Morgan fingerprint density at radius 3 is 2.12 bits per heavy atom. The standard InChI is InChI=1S/C8H6Cl4N2OS2/c1-13(2)8(17)15-14-6(12)4(10)3(9)5(11)7(14)16/h1-2H3. The average molecular weight is 352 g/mol. The van der Waals surface area contributed by atoms with Crippen molar-refractivity contribution in [1.29, 1.82) is 0 Å². The van der Waals surface area contributed by atoms with Crippen LogP contribution in [0.3, 0.4) is 0 Å². The Bertz CT molecular complexity index is 529. The molecule has 0 aliphatic rings. The molecular formula is C8H6Cl4N2OS2. The van der Waals surface area contributed by atoms with Gasteiger partial charge < -0.3 is 9.74 Å². The van der Waals surface area contributed by atoms with Crippen molar-refractivity contribution in [3.63, 3.8) is 0 Å². The van der Waals surface area contributed by atoms with Crippen LogP contribution in [0, 0.1) is 4.64 Å². The molecule has 1 aromatic heterocycles. The molecule has 0 saturated carbocycles. The van der Waals surface area contributed by atoms with Crippen LogP contribution >= 0.6 is 70.8 Å². The number of rotatable bonds is 1. The van der Waals surface area contributed by atoms with Crippen LogP contribution in [-0.4, -0.2) is 28.9 Å². The lowest BCUT2D eigenvalue weighted by Gasteiger charge is -2.17. The second kappa shape index (κ2) is 5.91.